The summed E-state index contributed by atoms with van der Waals surface area (Å²) in [5, 5.41) is 5.18. The fraction of sp³-hybridized carbons (Fsp3) is 0.194. The Labute approximate surface area is 246 Å². The van der Waals surface area contributed by atoms with Crippen LogP contribution in [0.3, 0.4) is 0 Å². The number of nitrogens with one attached hydrogen (secondary N) is 2. The van der Waals surface area contributed by atoms with E-state index < -0.39 is 26.3 Å². The Balaban J connectivity index is 1.39. The first-order valence-electron chi connectivity index (χ1n) is 13.2. The zero-order chi connectivity index (χ0) is 30.5. The van der Waals surface area contributed by atoms with Crippen molar-refractivity contribution >= 4 is 37.6 Å². The smallest absolute Gasteiger partial charge is 0.339 e. The first-order valence-corrected chi connectivity index (χ1v) is 16.0. The quantitative estimate of drug-likeness (QED) is 0.184. The Kier molecular flexibility index (Phi) is 9.23. The minimum absolute atomic E-state index is 0.0111. The number of amides is 2. The van der Waals surface area contributed by atoms with Crippen molar-refractivity contribution in [3.8, 4) is 11.5 Å². The number of para-hydroxylation sites is 2. The van der Waals surface area contributed by atoms with E-state index >= 15 is 0 Å². The van der Waals surface area contributed by atoms with Gasteiger partial charge in [0, 0.05) is 5.69 Å². The van der Waals surface area contributed by atoms with E-state index in [4.69, 9.17) is 8.37 Å². The van der Waals surface area contributed by atoms with Crippen LogP contribution in [0.2, 0.25) is 0 Å². The minimum Gasteiger partial charge on any atom is -0.379 e. The van der Waals surface area contributed by atoms with E-state index in [-0.39, 0.29) is 38.8 Å². The van der Waals surface area contributed by atoms with E-state index in [1.165, 1.54) is 60.7 Å². The molecular weight excluding hydrogens is 576 g/mol. The highest BCUT2D eigenvalue weighted by Gasteiger charge is 2.20. The molecule has 2 N–H and O–H groups in total. The number of carbonyl (C=O) groups is 1. The third-order valence-electron chi connectivity index (χ3n) is 6.32. The molecule has 4 rings (SSSR count). The lowest BCUT2D eigenvalue weighted by Gasteiger charge is -2.14. The fourth-order valence-corrected chi connectivity index (χ4v) is 5.78. The Hall–Kier alpha value is -4.35. The maximum atomic E-state index is 12.9. The van der Waals surface area contributed by atoms with Gasteiger partial charge < -0.3 is 19.0 Å². The average molecular weight is 609 g/mol. The van der Waals surface area contributed by atoms with Crippen molar-refractivity contribution in [3.63, 3.8) is 0 Å². The number of anilines is 2. The van der Waals surface area contributed by atoms with Crippen LogP contribution in [0.4, 0.5) is 16.2 Å². The highest BCUT2D eigenvalue weighted by Crippen LogP contribution is 2.29. The molecule has 0 aliphatic carbocycles. The molecule has 2 amide bonds. The monoisotopic (exact) mass is 608 g/mol. The van der Waals surface area contributed by atoms with Crippen molar-refractivity contribution in [2.75, 3.05) is 10.6 Å². The second-order valence-electron chi connectivity index (χ2n) is 10.1. The summed E-state index contributed by atoms with van der Waals surface area (Å²) in [6.45, 7) is 8.04. The first kappa shape index (κ1) is 30.6. The largest absolute Gasteiger partial charge is 0.379 e. The normalized spacial score (nSPS) is 11.8. The molecule has 0 saturated heterocycles. The van der Waals surface area contributed by atoms with E-state index in [9.17, 15) is 21.6 Å². The molecule has 0 fully saturated rings. The van der Waals surface area contributed by atoms with Crippen LogP contribution in [-0.2, 0) is 20.2 Å². The Morgan fingerprint density at radius 3 is 1.57 bits per heavy atom. The van der Waals surface area contributed by atoms with Crippen LogP contribution in [0.25, 0.3) is 0 Å². The zero-order valence-corrected chi connectivity index (χ0v) is 25.2. The third kappa shape index (κ3) is 7.68. The van der Waals surface area contributed by atoms with E-state index in [1.807, 2.05) is 27.7 Å². The summed E-state index contributed by atoms with van der Waals surface area (Å²) >= 11 is 0. The molecular formula is C31H32N2O7S2. The topological polar surface area (TPSA) is 128 Å². The van der Waals surface area contributed by atoms with Crippen LogP contribution in [0.1, 0.15) is 50.7 Å². The van der Waals surface area contributed by atoms with Crippen molar-refractivity contribution in [2.24, 2.45) is 0 Å². The summed E-state index contributed by atoms with van der Waals surface area (Å²) in [6.07, 6.45) is 0. The molecule has 0 aliphatic rings. The van der Waals surface area contributed by atoms with Crippen LogP contribution >= 0.6 is 0 Å². The molecule has 0 spiro atoms. The third-order valence-corrected chi connectivity index (χ3v) is 8.83. The standard InChI is InChI=1S/C31H32N2O7S2/c1-21(2)23-9-17-27(18-10-23)41(35,36)39-26-15-13-25(14-16-26)32-31(34)33-29-7-5-6-8-30(29)40-42(37,38)28-19-11-24(12-20-28)22(3)4/h5-22H,1-4H3,(H2,32,33,34). The van der Waals surface area contributed by atoms with Crippen LogP contribution < -0.4 is 19.0 Å². The van der Waals surface area contributed by atoms with Crippen molar-refractivity contribution in [2.45, 2.75) is 49.3 Å². The summed E-state index contributed by atoms with van der Waals surface area (Å²) in [6, 6.07) is 24.1. The van der Waals surface area contributed by atoms with Gasteiger partial charge in [0.25, 0.3) is 0 Å². The van der Waals surface area contributed by atoms with Crippen molar-refractivity contribution in [3.05, 3.63) is 108 Å². The van der Waals surface area contributed by atoms with Crippen LogP contribution in [0.5, 0.6) is 11.5 Å². The first-order chi connectivity index (χ1) is 19.8. The molecule has 4 aromatic carbocycles. The second-order valence-corrected chi connectivity index (χ2v) is 13.2. The lowest BCUT2D eigenvalue weighted by molar-refractivity contribution is 0.262. The molecule has 9 nitrogen and oxygen atoms in total. The zero-order valence-electron chi connectivity index (χ0n) is 23.6. The van der Waals surface area contributed by atoms with E-state index in [0.717, 1.165) is 11.1 Å². The van der Waals surface area contributed by atoms with Gasteiger partial charge in [0.2, 0.25) is 0 Å². The maximum Gasteiger partial charge on any atom is 0.339 e. The van der Waals surface area contributed by atoms with Gasteiger partial charge in [-0.3, -0.25) is 0 Å². The van der Waals surface area contributed by atoms with Gasteiger partial charge in [-0.05, 0) is 83.6 Å². The lowest BCUT2D eigenvalue weighted by Crippen LogP contribution is -2.20. The molecule has 0 saturated carbocycles. The predicted octanol–water partition coefficient (Wildman–Crippen LogP) is 7.11. The lowest BCUT2D eigenvalue weighted by atomic mass is 10.0. The molecule has 0 aromatic heterocycles. The number of carbonyl (C=O) groups excluding carboxylic acids is 1. The minimum atomic E-state index is -4.15. The molecule has 0 aliphatic heterocycles. The molecule has 0 radical (unpaired) electrons. The Morgan fingerprint density at radius 1 is 0.595 bits per heavy atom. The van der Waals surface area contributed by atoms with Gasteiger partial charge >= 0.3 is 26.3 Å². The summed E-state index contributed by atoms with van der Waals surface area (Å²) in [7, 11) is -8.19. The molecule has 4 aromatic rings. The van der Waals surface area contributed by atoms with Crippen LogP contribution in [0, 0.1) is 0 Å². The van der Waals surface area contributed by atoms with Crippen LogP contribution in [-0.4, -0.2) is 22.9 Å². The highest BCUT2D eigenvalue weighted by molar-refractivity contribution is 7.87. The van der Waals surface area contributed by atoms with E-state index in [0.29, 0.717) is 5.69 Å². The van der Waals surface area contributed by atoms with Crippen molar-refractivity contribution in [1.29, 1.82) is 0 Å². The van der Waals surface area contributed by atoms with Gasteiger partial charge in [0.1, 0.15) is 15.5 Å². The molecule has 42 heavy (non-hydrogen) atoms. The van der Waals surface area contributed by atoms with Gasteiger partial charge in [0.05, 0.1) is 5.69 Å². The molecule has 0 bridgehead atoms. The number of benzene rings is 4. The SMILES string of the molecule is CC(C)c1ccc(S(=O)(=O)Oc2ccc(NC(=O)Nc3ccccc3OS(=O)(=O)c3ccc(C(C)C)cc3)cc2)cc1. The molecule has 220 valence electrons. The van der Waals surface area contributed by atoms with Crippen molar-refractivity contribution in [1.82, 2.24) is 0 Å². The van der Waals surface area contributed by atoms with Crippen LogP contribution in [0.15, 0.2) is 107 Å². The van der Waals surface area contributed by atoms with E-state index in [2.05, 4.69) is 10.6 Å². The van der Waals surface area contributed by atoms with Crippen molar-refractivity contribution < 1.29 is 30.0 Å². The molecule has 11 heteroatoms. The summed E-state index contributed by atoms with van der Waals surface area (Å²) in [5.41, 5.74) is 2.47. The average Bonchev–Trinajstić information content (AvgIpc) is 2.95. The fourth-order valence-electron chi connectivity index (χ4n) is 3.90. The Bertz CT molecular complexity index is 1750. The summed E-state index contributed by atoms with van der Waals surface area (Å²) in [5.74, 6) is 0.521. The number of rotatable bonds is 10. The molecule has 0 unspecified atom stereocenters. The number of hydrogen-bond acceptors (Lipinski definition) is 7. The Morgan fingerprint density at radius 2 is 1.07 bits per heavy atom. The highest BCUT2D eigenvalue weighted by atomic mass is 32.2. The van der Waals surface area contributed by atoms with Gasteiger partial charge in [-0.1, -0.05) is 64.1 Å². The molecule has 0 heterocycles. The summed E-state index contributed by atoms with van der Waals surface area (Å²) < 4.78 is 61.6. The summed E-state index contributed by atoms with van der Waals surface area (Å²) in [4.78, 5) is 12.7. The predicted molar refractivity (Wildman–Crippen MR) is 162 cm³/mol. The van der Waals surface area contributed by atoms with Gasteiger partial charge in [-0.25, -0.2) is 4.79 Å². The molecule has 0 atom stereocenters. The van der Waals surface area contributed by atoms with Gasteiger partial charge in [-0.15, -0.1) is 0 Å². The van der Waals surface area contributed by atoms with Gasteiger partial charge in [-0.2, -0.15) is 16.8 Å². The van der Waals surface area contributed by atoms with Gasteiger partial charge in [0.15, 0.2) is 5.75 Å². The number of hydrogen-bond donors (Lipinski definition) is 2. The maximum absolute atomic E-state index is 12.9. The van der Waals surface area contributed by atoms with E-state index in [1.54, 1.807) is 36.4 Å². The number of urea groups is 1. The second kappa shape index (κ2) is 12.7.